The number of hydrogen-bond donors (Lipinski definition) is 3. The lowest BCUT2D eigenvalue weighted by atomic mass is 10.1. The van der Waals surface area contributed by atoms with Crippen LogP contribution >= 0.6 is 15.9 Å². The van der Waals surface area contributed by atoms with Crippen LogP contribution in [0, 0.1) is 6.92 Å². The second-order valence-electron chi connectivity index (χ2n) is 7.83. The summed E-state index contributed by atoms with van der Waals surface area (Å²) in [4.78, 5) is 27.6. The third-order valence-corrected chi connectivity index (χ3v) is 5.89. The van der Waals surface area contributed by atoms with Crippen LogP contribution in [-0.2, 0) is 0 Å². The Labute approximate surface area is 196 Å². The highest BCUT2D eigenvalue weighted by Gasteiger charge is 2.18. The average Bonchev–Trinajstić information content (AvgIpc) is 3.30. The van der Waals surface area contributed by atoms with Crippen molar-refractivity contribution in [3.63, 3.8) is 0 Å². The minimum Gasteiger partial charge on any atom is -0.370 e. The molecule has 0 radical (unpaired) electrons. The molecule has 1 fully saturated rings. The number of urea groups is 1. The zero-order valence-electron chi connectivity index (χ0n) is 17.8. The van der Waals surface area contributed by atoms with Crippen molar-refractivity contribution in [2.24, 2.45) is 0 Å². The van der Waals surface area contributed by atoms with E-state index in [0.717, 1.165) is 41.7 Å². The number of amides is 3. The first-order chi connectivity index (χ1) is 15.5. The second-order valence-corrected chi connectivity index (χ2v) is 8.75. The fourth-order valence-electron chi connectivity index (χ4n) is 3.67. The van der Waals surface area contributed by atoms with Crippen LogP contribution in [0.5, 0.6) is 0 Å². The largest absolute Gasteiger partial charge is 0.370 e. The number of nitrogens with one attached hydrogen (secondary N) is 3. The maximum Gasteiger partial charge on any atom is 0.323 e. The van der Waals surface area contributed by atoms with E-state index in [1.165, 1.54) is 0 Å². The lowest BCUT2D eigenvalue weighted by molar-refractivity contribution is 0.102. The molecule has 1 saturated heterocycles. The van der Waals surface area contributed by atoms with Crippen molar-refractivity contribution >= 4 is 50.6 Å². The van der Waals surface area contributed by atoms with E-state index in [-0.39, 0.29) is 11.9 Å². The summed E-state index contributed by atoms with van der Waals surface area (Å²) in [6.45, 7) is 3.87. The molecule has 0 saturated carbocycles. The van der Waals surface area contributed by atoms with Crippen LogP contribution in [0.2, 0.25) is 0 Å². The molecule has 3 amide bonds. The molecule has 164 valence electrons. The zero-order chi connectivity index (χ0) is 22.5. The van der Waals surface area contributed by atoms with Crippen molar-refractivity contribution < 1.29 is 9.59 Å². The van der Waals surface area contributed by atoms with Crippen molar-refractivity contribution in [1.29, 1.82) is 0 Å². The number of rotatable bonds is 5. The van der Waals surface area contributed by atoms with Gasteiger partial charge in [0.25, 0.3) is 5.91 Å². The maximum atomic E-state index is 12.7. The highest BCUT2D eigenvalue weighted by atomic mass is 79.9. The molecule has 3 aromatic rings. The first kappa shape index (κ1) is 21.9. The van der Waals surface area contributed by atoms with Gasteiger partial charge in [-0.1, -0.05) is 33.6 Å². The van der Waals surface area contributed by atoms with E-state index in [9.17, 15) is 9.59 Å². The zero-order valence-corrected chi connectivity index (χ0v) is 19.4. The highest BCUT2D eigenvalue weighted by Crippen LogP contribution is 2.32. The van der Waals surface area contributed by atoms with Gasteiger partial charge in [-0.15, -0.1) is 0 Å². The van der Waals surface area contributed by atoms with Crippen LogP contribution < -0.4 is 20.9 Å². The number of anilines is 4. The van der Waals surface area contributed by atoms with Crippen LogP contribution in [0.1, 0.15) is 28.8 Å². The molecule has 1 aliphatic heterocycles. The Kier molecular flexibility index (Phi) is 6.75. The van der Waals surface area contributed by atoms with Gasteiger partial charge in [-0.2, -0.15) is 0 Å². The Morgan fingerprint density at radius 1 is 0.812 bits per heavy atom. The minimum atomic E-state index is -0.338. The molecule has 0 aromatic heterocycles. The SMILES string of the molecule is Cc1ccc(C(=O)Nc2ccc(N3CCCC3)c(NC(=O)Nc3ccc(Br)cc3)c2)cc1. The molecular formula is C25H25BrN4O2. The number of hydrogen-bond acceptors (Lipinski definition) is 3. The van der Waals surface area contributed by atoms with Gasteiger partial charge in [0.05, 0.1) is 11.4 Å². The summed E-state index contributed by atoms with van der Waals surface area (Å²) in [7, 11) is 0. The van der Waals surface area contributed by atoms with E-state index >= 15 is 0 Å². The van der Waals surface area contributed by atoms with E-state index < -0.39 is 0 Å². The average molecular weight is 493 g/mol. The fraction of sp³-hybridized carbons (Fsp3) is 0.200. The number of benzene rings is 3. The van der Waals surface area contributed by atoms with Gasteiger partial charge >= 0.3 is 6.03 Å². The highest BCUT2D eigenvalue weighted by molar-refractivity contribution is 9.10. The minimum absolute atomic E-state index is 0.191. The predicted molar refractivity (Wildman–Crippen MR) is 134 cm³/mol. The lowest BCUT2D eigenvalue weighted by Gasteiger charge is -2.22. The summed E-state index contributed by atoms with van der Waals surface area (Å²) in [5.74, 6) is -0.191. The molecule has 0 spiro atoms. The Hall–Kier alpha value is -3.32. The summed E-state index contributed by atoms with van der Waals surface area (Å²) in [5, 5.41) is 8.74. The van der Waals surface area contributed by atoms with Crippen LogP contribution in [0.15, 0.2) is 71.2 Å². The maximum absolute atomic E-state index is 12.7. The monoisotopic (exact) mass is 492 g/mol. The molecule has 4 rings (SSSR count). The first-order valence-corrected chi connectivity index (χ1v) is 11.4. The molecule has 0 aliphatic carbocycles. The van der Waals surface area contributed by atoms with Crippen molar-refractivity contribution in [1.82, 2.24) is 0 Å². The van der Waals surface area contributed by atoms with Gasteiger partial charge in [0.2, 0.25) is 0 Å². The molecule has 7 heteroatoms. The van der Waals surface area contributed by atoms with Gasteiger partial charge in [-0.3, -0.25) is 4.79 Å². The van der Waals surface area contributed by atoms with Crippen LogP contribution in [0.3, 0.4) is 0 Å². The number of halogens is 1. The van der Waals surface area contributed by atoms with Gasteiger partial charge < -0.3 is 20.9 Å². The van der Waals surface area contributed by atoms with Gasteiger partial charge in [-0.05, 0) is 74.4 Å². The van der Waals surface area contributed by atoms with Crippen LogP contribution in [0.4, 0.5) is 27.5 Å². The molecular weight excluding hydrogens is 468 g/mol. The molecule has 1 aliphatic rings. The van der Waals surface area contributed by atoms with E-state index in [1.807, 2.05) is 55.5 Å². The van der Waals surface area contributed by atoms with Gasteiger partial charge in [0, 0.05) is 34.5 Å². The molecule has 1 heterocycles. The van der Waals surface area contributed by atoms with Crippen molar-refractivity contribution in [3.8, 4) is 0 Å². The summed E-state index contributed by atoms with van der Waals surface area (Å²) >= 11 is 3.39. The Bertz CT molecular complexity index is 1110. The van der Waals surface area contributed by atoms with Crippen LogP contribution in [0.25, 0.3) is 0 Å². The molecule has 0 atom stereocenters. The second kappa shape index (κ2) is 9.87. The third-order valence-electron chi connectivity index (χ3n) is 5.37. The van der Waals surface area contributed by atoms with E-state index in [0.29, 0.717) is 22.6 Å². The van der Waals surface area contributed by atoms with E-state index in [4.69, 9.17) is 0 Å². The number of aryl methyl sites for hydroxylation is 1. The Morgan fingerprint density at radius 3 is 2.16 bits per heavy atom. The van der Waals surface area contributed by atoms with E-state index in [2.05, 4.69) is 36.8 Å². The molecule has 3 N–H and O–H groups in total. The lowest BCUT2D eigenvalue weighted by Crippen LogP contribution is -2.24. The van der Waals surface area contributed by atoms with Gasteiger partial charge in [0.1, 0.15) is 0 Å². The third kappa shape index (κ3) is 5.48. The standard InChI is InChI=1S/C25H25BrN4O2/c1-17-4-6-18(7-5-17)24(31)27-21-12-13-23(30-14-2-3-15-30)22(16-21)29-25(32)28-20-10-8-19(26)9-11-20/h4-13,16H,2-3,14-15H2,1H3,(H,27,31)(H2,28,29,32). The Balaban J connectivity index is 1.53. The molecule has 3 aromatic carbocycles. The molecule has 32 heavy (non-hydrogen) atoms. The van der Waals surface area contributed by atoms with Crippen molar-refractivity contribution in [2.75, 3.05) is 33.9 Å². The van der Waals surface area contributed by atoms with E-state index in [1.54, 1.807) is 18.2 Å². The van der Waals surface area contributed by atoms with Gasteiger partial charge in [0.15, 0.2) is 0 Å². The number of nitrogens with zero attached hydrogens (tertiary/aromatic N) is 1. The van der Waals surface area contributed by atoms with Gasteiger partial charge in [-0.25, -0.2) is 4.79 Å². The normalized spacial score (nSPS) is 13.0. The molecule has 6 nitrogen and oxygen atoms in total. The summed E-state index contributed by atoms with van der Waals surface area (Å²) in [6.07, 6.45) is 2.24. The number of carbonyl (C=O) groups is 2. The summed E-state index contributed by atoms with van der Waals surface area (Å²) < 4.78 is 0.941. The quantitative estimate of drug-likeness (QED) is 0.393. The molecule has 0 unspecified atom stereocenters. The topological polar surface area (TPSA) is 73.5 Å². The smallest absolute Gasteiger partial charge is 0.323 e. The first-order valence-electron chi connectivity index (χ1n) is 10.6. The van der Waals surface area contributed by atoms with Crippen molar-refractivity contribution in [3.05, 3.63) is 82.3 Å². The molecule has 0 bridgehead atoms. The van der Waals surface area contributed by atoms with Crippen LogP contribution in [-0.4, -0.2) is 25.0 Å². The summed E-state index contributed by atoms with van der Waals surface area (Å²) in [5.41, 5.74) is 4.60. The number of carbonyl (C=O) groups excluding carboxylic acids is 2. The summed E-state index contributed by atoms with van der Waals surface area (Å²) in [6, 6.07) is 20.1. The fourth-order valence-corrected chi connectivity index (χ4v) is 3.94. The predicted octanol–water partition coefficient (Wildman–Crippen LogP) is 6.25. The Morgan fingerprint density at radius 2 is 1.47 bits per heavy atom. The van der Waals surface area contributed by atoms with Crippen molar-refractivity contribution in [2.45, 2.75) is 19.8 Å².